The molecule has 1 atom stereocenters. The number of pyridine rings is 1. The lowest BCUT2D eigenvalue weighted by molar-refractivity contribution is 0.0354. The Labute approximate surface area is 207 Å². The monoisotopic (exact) mass is 484 g/mol. The first kappa shape index (κ1) is 25.7. The molecular formula is C26H37FN6O2. The zero-order valence-corrected chi connectivity index (χ0v) is 20.5. The number of aromatic nitrogens is 1. The van der Waals surface area contributed by atoms with Crippen LogP contribution in [0, 0.1) is 16.7 Å². The van der Waals surface area contributed by atoms with E-state index in [0.717, 1.165) is 32.2 Å². The summed E-state index contributed by atoms with van der Waals surface area (Å²) < 4.78 is 25.6. The van der Waals surface area contributed by atoms with Gasteiger partial charge >= 0.3 is 0 Å². The van der Waals surface area contributed by atoms with Crippen LogP contribution in [0.5, 0.6) is 0 Å². The summed E-state index contributed by atoms with van der Waals surface area (Å²) in [4.78, 5) is 4.37. The number of methoxy groups -OCH3 is 1. The van der Waals surface area contributed by atoms with Crippen LogP contribution in [0.2, 0.25) is 0 Å². The Kier molecular flexibility index (Phi) is 8.87. The first-order valence-electron chi connectivity index (χ1n) is 12.6. The van der Waals surface area contributed by atoms with Crippen LogP contribution in [0.1, 0.15) is 44.2 Å². The lowest BCUT2D eigenvalue weighted by Crippen LogP contribution is -2.68. The Bertz CT molecular complexity index is 920. The van der Waals surface area contributed by atoms with Crippen molar-refractivity contribution in [3.8, 4) is 6.07 Å². The smallest absolute Gasteiger partial charge is 0.164 e. The summed E-state index contributed by atoms with van der Waals surface area (Å²) >= 11 is 0. The molecule has 9 heteroatoms. The second kappa shape index (κ2) is 12.1. The molecule has 1 aromatic heterocycles. The number of rotatable bonds is 10. The van der Waals surface area contributed by atoms with Crippen molar-refractivity contribution >= 4 is 5.57 Å². The summed E-state index contributed by atoms with van der Waals surface area (Å²) in [6.07, 6.45) is 10.3. The number of ether oxygens (including phenoxy) is 2. The molecule has 0 spiro atoms. The van der Waals surface area contributed by atoms with Gasteiger partial charge in [-0.3, -0.25) is 15.6 Å². The van der Waals surface area contributed by atoms with Crippen LogP contribution in [-0.4, -0.2) is 62.9 Å². The van der Waals surface area contributed by atoms with Crippen LogP contribution in [0.4, 0.5) is 4.39 Å². The van der Waals surface area contributed by atoms with Gasteiger partial charge in [0.05, 0.1) is 23.8 Å². The van der Waals surface area contributed by atoms with Gasteiger partial charge in [0.25, 0.3) is 0 Å². The summed E-state index contributed by atoms with van der Waals surface area (Å²) in [5.74, 6) is -1.26. The van der Waals surface area contributed by atoms with Gasteiger partial charge in [0, 0.05) is 63.5 Å². The molecule has 3 aliphatic rings. The highest BCUT2D eigenvalue weighted by Crippen LogP contribution is 2.32. The van der Waals surface area contributed by atoms with E-state index in [1.54, 1.807) is 13.3 Å². The van der Waals surface area contributed by atoms with Gasteiger partial charge in [0.2, 0.25) is 0 Å². The van der Waals surface area contributed by atoms with Gasteiger partial charge in [-0.1, -0.05) is 6.07 Å². The fourth-order valence-electron chi connectivity index (χ4n) is 5.06. The van der Waals surface area contributed by atoms with E-state index in [9.17, 15) is 9.65 Å². The van der Waals surface area contributed by atoms with E-state index in [0.29, 0.717) is 56.5 Å². The zero-order chi connectivity index (χ0) is 24.6. The molecule has 0 amide bonds. The van der Waals surface area contributed by atoms with Crippen LogP contribution in [-0.2, 0) is 9.47 Å². The topological polar surface area (TPSA) is 103 Å². The predicted octanol–water partition coefficient (Wildman–Crippen LogP) is 2.58. The summed E-state index contributed by atoms with van der Waals surface area (Å²) in [7, 11) is 1.72. The van der Waals surface area contributed by atoms with E-state index in [1.807, 2.05) is 24.3 Å². The average molecular weight is 485 g/mol. The van der Waals surface area contributed by atoms with Crippen LogP contribution < -0.4 is 21.3 Å². The van der Waals surface area contributed by atoms with E-state index in [1.165, 1.54) is 6.20 Å². The predicted molar refractivity (Wildman–Crippen MR) is 132 cm³/mol. The fourth-order valence-corrected chi connectivity index (χ4v) is 5.06. The molecule has 1 unspecified atom stereocenters. The number of hydrogen-bond acceptors (Lipinski definition) is 8. The fraction of sp³-hybridized carbons (Fsp3) is 0.615. The van der Waals surface area contributed by atoms with Gasteiger partial charge in [0.1, 0.15) is 5.83 Å². The molecule has 1 saturated heterocycles. The number of nitrogens with one attached hydrogen (secondary N) is 4. The number of dihydropyridines is 1. The third-order valence-corrected chi connectivity index (χ3v) is 7.28. The summed E-state index contributed by atoms with van der Waals surface area (Å²) in [5, 5.41) is 24.1. The summed E-state index contributed by atoms with van der Waals surface area (Å²) in [5.41, 5.74) is 0.482. The highest BCUT2D eigenvalue weighted by Gasteiger charge is 2.39. The molecule has 1 aromatic rings. The Hall–Kier alpha value is -2.35. The maximum Gasteiger partial charge on any atom is 0.164 e. The standard InChI is InChI=1S/C26H37FN6O2/c1-34-15-12-29-20-5-7-21(8-6-20)33-26(32-19-25(18-28)9-13-35-14-10-25)16-22(23(27)17-31-26)24-4-2-3-11-30-24/h2-4,11,16-17,20-21,29,31-33H,5-10,12-15,19H2,1H3/t20-,21-,26?. The van der Waals surface area contributed by atoms with E-state index < -0.39 is 11.2 Å². The molecule has 4 N–H and O–H groups in total. The summed E-state index contributed by atoms with van der Waals surface area (Å²) in [6.45, 7) is 3.17. The molecule has 8 nitrogen and oxygen atoms in total. The van der Waals surface area contributed by atoms with Crippen molar-refractivity contribution in [2.45, 2.75) is 56.4 Å². The maximum absolute atomic E-state index is 14.9. The molecule has 2 aliphatic heterocycles. The first-order chi connectivity index (χ1) is 17.1. The molecule has 3 heterocycles. The molecule has 0 bridgehead atoms. The first-order valence-corrected chi connectivity index (χ1v) is 12.6. The number of hydrogen-bond donors (Lipinski definition) is 4. The largest absolute Gasteiger partial charge is 0.383 e. The Morgan fingerprint density at radius 1 is 1.23 bits per heavy atom. The minimum atomic E-state index is -0.897. The molecule has 1 saturated carbocycles. The van der Waals surface area contributed by atoms with Gasteiger partial charge in [-0.15, -0.1) is 0 Å². The Morgan fingerprint density at radius 3 is 2.69 bits per heavy atom. The highest BCUT2D eigenvalue weighted by molar-refractivity contribution is 5.76. The van der Waals surface area contributed by atoms with Crippen LogP contribution in [0.15, 0.2) is 42.5 Å². The normalized spacial score (nSPS) is 28.4. The van der Waals surface area contributed by atoms with Gasteiger partial charge in [0.15, 0.2) is 5.79 Å². The van der Waals surface area contributed by atoms with Crippen molar-refractivity contribution in [2.24, 2.45) is 5.41 Å². The minimum absolute atomic E-state index is 0.235. The number of nitrogens with zero attached hydrogens (tertiary/aromatic N) is 2. The van der Waals surface area contributed by atoms with Gasteiger partial charge in [-0.2, -0.15) is 5.26 Å². The average Bonchev–Trinajstić information content (AvgIpc) is 2.91. The van der Waals surface area contributed by atoms with Gasteiger partial charge in [-0.05, 0) is 56.7 Å². The lowest BCUT2D eigenvalue weighted by Gasteiger charge is -2.43. The second-order valence-electron chi connectivity index (χ2n) is 9.72. The van der Waals surface area contributed by atoms with Crippen molar-refractivity contribution in [1.29, 1.82) is 5.26 Å². The summed E-state index contributed by atoms with van der Waals surface area (Å²) in [6, 6.07) is 8.71. The van der Waals surface area contributed by atoms with Gasteiger partial charge < -0.3 is 20.1 Å². The molecular weight excluding hydrogens is 447 g/mol. The Morgan fingerprint density at radius 2 is 2.00 bits per heavy atom. The molecule has 190 valence electrons. The molecule has 35 heavy (non-hydrogen) atoms. The van der Waals surface area contributed by atoms with Crippen molar-refractivity contribution in [3.05, 3.63) is 48.2 Å². The molecule has 1 aliphatic carbocycles. The van der Waals surface area contributed by atoms with Crippen LogP contribution in [0.3, 0.4) is 0 Å². The molecule has 4 rings (SSSR count). The van der Waals surface area contributed by atoms with Crippen LogP contribution in [0.25, 0.3) is 5.57 Å². The van der Waals surface area contributed by atoms with E-state index in [2.05, 4.69) is 32.3 Å². The number of allylic oxidation sites excluding steroid dienone is 2. The second-order valence-corrected chi connectivity index (χ2v) is 9.72. The molecule has 0 radical (unpaired) electrons. The van der Waals surface area contributed by atoms with Crippen molar-refractivity contribution in [2.75, 3.05) is 40.0 Å². The Balaban J connectivity index is 1.51. The zero-order valence-electron chi connectivity index (χ0n) is 20.5. The minimum Gasteiger partial charge on any atom is -0.383 e. The van der Waals surface area contributed by atoms with Crippen molar-refractivity contribution < 1.29 is 13.9 Å². The lowest BCUT2D eigenvalue weighted by atomic mass is 9.81. The van der Waals surface area contributed by atoms with Crippen LogP contribution >= 0.6 is 0 Å². The number of halogens is 1. The van der Waals surface area contributed by atoms with E-state index in [-0.39, 0.29) is 11.9 Å². The quantitative estimate of drug-likeness (QED) is 0.297. The maximum atomic E-state index is 14.9. The van der Waals surface area contributed by atoms with E-state index in [4.69, 9.17) is 9.47 Å². The van der Waals surface area contributed by atoms with Gasteiger partial charge in [-0.25, -0.2) is 4.39 Å². The van der Waals surface area contributed by atoms with Crippen molar-refractivity contribution in [1.82, 2.24) is 26.3 Å². The third-order valence-electron chi connectivity index (χ3n) is 7.28. The van der Waals surface area contributed by atoms with Crippen molar-refractivity contribution in [3.63, 3.8) is 0 Å². The molecule has 0 aromatic carbocycles. The molecule has 2 fully saturated rings. The number of nitriles is 1. The third kappa shape index (κ3) is 6.66. The SMILES string of the molecule is COCCN[C@H]1CC[C@H](NC2(NCC3(C#N)CCOCC3)C=C(c3ccccn3)C(F)=CN2)CC1. The van der Waals surface area contributed by atoms with E-state index >= 15 is 0 Å². The highest BCUT2D eigenvalue weighted by atomic mass is 19.1.